The van der Waals surface area contributed by atoms with E-state index < -0.39 is 29.0 Å². The molecule has 1 fully saturated rings. The summed E-state index contributed by atoms with van der Waals surface area (Å²) in [4.78, 5) is 72.1. The molecule has 300 valence electrons. The van der Waals surface area contributed by atoms with E-state index in [2.05, 4.69) is 56.9 Å². The fourth-order valence-corrected chi connectivity index (χ4v) is 8.42. The Labute approximate surface area is 327 Å². The summed E-state index contributed by atoms with van der Waals surface area (Å²) in [5.74, 6) is -1.25. The van der Waals surface area contributed by atoms with Crippen LogP contribution < -0.4 is 26.6 Å². The van der Waals surface area contributed by atoms with Gasteiger partial charge in [0.25, 0.3) is 0 Å². The molecule has 12 heteroatoms. The molecule has 2 aromatic carbocycles. The van der Waals surface area contributed by atoms with Crippen LogP contribution in [0.25, 0.3) is 0 Å². The standard InChI is InChI=1S/C43H63N7O5/c1-26-19-28-17-18-29(20-30(28)24-49(26)40(54)37(42(2,3)4)47-35(51)22-44-8)31-21-34(39(53)46-33-16-12-14-27-13-10-11-15-32(27)33)50(25-31)41(55)38(43(5,6)7)48-36(52)23-45-9/h10-11,13,15,17-18,20,26,31,33-34,37-38,44-45H,12,14,16,19,21-25H2,1-9H3,(H,46,53)(H,47,51)(H,48,52)/t26?,31?,33-,34+,37?,38?/m1/s1. The molecule has 0 radical (unpaired) electrons. The van der Waals surface area contributed by atoms with Gasteiger partial charge in [-0.3, -0.25) is 24.0 Å². The maximum atomic E-state index is 14.6. The minimum Gasteiger partial charge on any atom is -0.347 e. The number of likely N-dealkylation sites (N-methyl/N-ethyl adjacent to an activating group) is 2. The highest BCUT2D eigenvalue weighted by Gasteiger charge is 2.46. The van der Waals surface area contributed by atoms with Crippen LogP contribution in [0.5, 0.6) is 0 Å². The highest BCUT2D eigenvalue weighted by Crippen LogP contribution is 2.38. The molecule has 2 aromatic rings. The smallest absolute Gasteiger partial charge is 0.246 e. The number of likely N-dealkylation sites (tertiary alicyclic amines) is 1. The van der Waals surface area contributed by atoms with Crippen molar-refractivity contribution in [1.29, 1.82) is 0 Å². The molecular formula is C43H63N7O5. The first-order valence-electron chi connectivity index (χ1n) is 19.9. The van der Waals surface area contributed by atoms with Gasteiger partial charge in [-0.15, -0.1) is 0 Å². The zero-order valence-corrected chi connectivity index (χ0v) is 34.3. The number of hydrogen-bond donors (Lipinski definition) is 5. The van der Waals surface area contributed by atoms with Gasteiger partial charge in [-0.05, 0) is 91.8 Å². The fraction of sp³-hybridized carbons (Fsp3) is 0.605. The van der Waals surface area contributed by atoms with E-state index in [9.17, 15) is 24.0 Å². The molecule has 0 bridgehead atoms. The van der Waals surface area contributed by atoms with Gasteiger partial charge in [-0.1, -0.05) is 84.0 Å². The Morgan fingerprint density at radius 3 is 1.98 bits per heavy atom. The van der Waals surface area contributed by atoms with E-state index in [1.165, 1.54) is 5.56 Å². The maximum absolute atomic E-state index is 14.6. The van der Waals surface area contributed by atoms with Crippen molar-refractivity contribution in [2.24, 2.45) is 10.8 Å². The molecule has 3 aliphatic rings. The number of rotatable bonds is 11. The van der Waals surface area contributed by atoms with Crippen molar-refractivity contribution in [3.05, 3.63) is 70.3 Å². The highest BCUT2D eigenvalue weighted by atomic mass is 16.2. The topological polar surface area (TPSA) is 152 Å². The number of benzene rings is 2. The molecule has 1 saturated heterocycles. The molecule has 2 heterocycles. The van der Waals surface area contributed by atoms with Crippen molar-refractivity contribution in [3.8, 4) is 0 Å². The predicted molar refractivity (Wildman–Crippen MR) is 214 cm³/mol. The van der Waals surface area contributed by atoms with E-state index in [1.54, 1.807) is 19.0 Å². The molecule has 0 aromatic heterocycles. The third kappa shape index (κ3) is 9.75. The van der Waals surface area contributed by atoms with E-state index in [4.69, 9.17) is 0 Å². The second-order valence-corrected chi connectivity index (χ2v) is 17.9. The third-order valence-electron chi connectivity index (χ3n) is 11.5. The van der Waals surface area contributed by atoms with Crippen LogP contribution in [0.3, 0.4) is 0 Å². The summed E-state index contributed by atoms with van der Waals surface area (Å²) < 4.78 is 0. The van der Waals surface area contributed by atoms with Crippen molar-refractivity contribution in [2.75, 3.05) is 33.7 Å². The van der Waals surface area contributed by atoms with Crippen molar-refractivity contribution in [2.45, 2.75) is 123 Å². The number of carbonyl (C=O) groups excluding carboxylic acids is 5. The maximum Gasteiger partial charge on any atom is 0.246 e. The Morgan fingerprint density at radius 2 is 1.38 bits per heavy atom. The zero-order chi connectivity index (χ0) is 40.2. The van der Waals surface area contributed by atoms with E-state index in [0.29, 0.717) is 25.9 Å². The molecule has 12 nitrogen and oxygen atoms in total. The molecule has 5 N–H and O–H groups in total. The summed E-state index contributed by atoms with van der Waals surface area (Å²) in [5, 5.41) is 15.0. The van der Waals surface area contributed by atoms with E-state index in [-0.39, 0.29) is 60.6 Å². The Kier molecular flexibility index (Phi) is 13.1. The number of aryl methyl sites for hydroxylation is 1. The largest absolute Gasteiger partial charge is 0.347 e. The minimum absolute atomic E-state index is 0.0676. The summed E-state index contributed by atoms with van der Waals surface area (Å²) >= 11 is 0. The van der Waals surface area contributed by atoms with Gasteiger partial charge in [0, 0.05) is 25.0 Å². The van der Waals surface area contributed by atoms with Crippen LogP contribution in [0.1, 0.15) is 108 Å². The van der Waals surface area contributed by atoms with Gasteiger partial charge in [0.1, 0.15) is 18.1 Å². The average molecular weight is 758 g/mol. The number of amides is 5. The predicted octanol–water partition coefficient (Wildman–Crippen LogP) is 3.34. The Morgan fingerprint density at radius 1 is 0.782 bits per heavy atom. The fourth-order valence-electron chi connectivity index (χ4n) is 8.42. The van der Waals surface area contributed by atoms with Crippen LogP contribution in [0.15, 0.2) is 42.5 Å². The van der Waals surface area contributed by atoms with Gasteiger partial charge in [0.15, 0.2) is 0 Å². The van der Waals surface area contributed by atoms with Crippen molar-refractivity contribution in [1.82, 2.24) is 36.4 Å². The monoisotopic (exact) mass is 757 g/mol. The zero-order valence-electron chi connectivity index (χ0n) is 34.3. The van der Waals surface area contributed by atoms with E-state index in [1.807, 2.05) is 65.5 Å². The van der Waals surface area contributed by atoms with Gasteiger partial charge in [0.2, 0.25) is 29.5 Å². The van der Waals surface area contributed by atoms with Crippen LogP contribution in [0.4, 0.5) is 0 Å². The lowest BCUT2D eigenvalue weighted by molar-refractivity contribution is -0.144. The van der Waals surface area contributed by atoms with Crippen LogP contribution >= 0.6 is 0 Å². The van der Waals surface area contributed by atoms with E-state index in [0.717, 1.165) is 41.5 Å². The Balaban J connectivity index is 1.44. The molecule has 2 aliphatic heterocycles. The number of fused-ring (bicyclic) bond motifs is 2. The number of nitrogens with zero attached hydrogens (tertiary/aromatic N) is 2. The van der Waals surface area contributed by atoms with Gasteiger partial charge >= 0.3 is 0 Å². The first-order valence-corrected chi connectivity index (χ1v) is 19.9. The van der Waals surface area contributed by atoms with Gasteiger partial charge in [-0.25, -0.2) is 0 Å². The molecule has 5 rings (SSSR count). The normalized spacial score (nSPS) is 22.2. The third-order valence-corrected chi connectivity index (χ3v) is 11.5. The number of hydrogen-bond acceptors (Lipinski definition) is 7. The second-order valence-electron chi connectivity index (χ2n) is 17.9. The summed E-state index contributed by atoms with van der Waals surface area (Å²) in [5.41, 5.74) is 4.42. The van der Waals surface area contributed by atoms with Crippen molar-refractivity contribution < 1.29 is 24.0 Å². The lowest BCUT2D eigenvalue weighted by Gasteiger charge is -2.40. The molecule has 4 unspecified atom stereocenters. The number of carbonyl (C=O) groups is 5. The lowest BCUT2D eigenvalue weighted by Crippen LogP contribution is -2.58. The molecule has 6 atom stereocenters. The van der Waals surface area contributed by atoms with Crippen LogP contribution in [0, 0.1) is 10.8 Å². The molecule has 0 spiro atoms. The van der Waals surface area contributed by atoms with Gasteiger partial charge in [-0.2, -0.15) is 0 Å². The van der Waals surface area contributed by atoms with Gasteiger partial charge < -0.3 is 36.4 Å². The Bertz CT molecular complexity index is 1750. The van der Waals surface area contributed by atoms with Gasteiger partial charge in [0.05, 0.1) is 19.1 Å². The summed E-state index contributed by atoms with van der Waals surface area (Å²) in [6.07, 6.45) is 3.86. The molecule has 5 amide bonds. The average Bonchev–Trinajstić information content (AvgIpc) is 3.57. The van der Waals surface area contributed by atoms with E-state index >= 15 is 0 Å². The SMILES string of the molecule is CNCC(=O)NC(C(=O)N1Cc2cc(C3C[C@@H](C(=O)N[C@@H]4CCCc5ccccc54)N(C(=O)C(NC(=O)CNC)C(C)(C)C)C3)ccc2CC1C)C(C)(C)C. The van der Waals surface area contributed by atoms with Crippen LogP contribution in [-0.2, 0) is 43.4 Å². The molecule has 1 aliphatic carbocycles. The van der Waals surface area contributed by atoms with Crippen molar-refractivity contribution >= 4 is 29.5 Å². The molecule has 55 heavy (non-hydrogen) atoms. The second kappa shape index (κ2) is 17.2. The summed E-state index contributed by atoms with van der Waals surface area (Å²) in [6.45, 7) is 14.6. The molecule has 0 saturated carbocycles. The summed E-state index contributed by atoms with van der Waals surface area (Å²) in [7, 11) is 3.38. The van der Waals surface area contributed by atoms with Crippen LogP contribution in [-0.4, -0.2) is 97.2 Å². The first kappa shape index (κ1) is 41.9. The highest BCUT2D eigenvalue weighted by molar-refractivity contribution is 5.94. The lowest BCUT2D eigenvalue weighted by atomic mass is 9.84. The van der Waals surface area contributed by atoms with Crippen LogP contribution in [0.2, 0.25) is 0 Å². The quantitative estimate of drug-likeness (QED) is 0.236. The number of nitrogens with one attached hydrogen (secondary N) is 5. The molecular weight excluding hydrogens is 695 g/mol. The summed E-state index contributed by atoms with van der Waals surface area (Å²) in [6, 6.07) is 12.1. The minimum atomic E-state index is -0.841. The first-order chi connectivity index (χ1) is 25.9. The Hall–Kier alpha value is -4.29. The van der Waals surface area contributed by atoms with Crippen molar-refractivity contribution in [3.63, 3.8) is 0 Å².